The number of rotatable bonds is 4. The van der Waals surface area contributed by atoms with Crippen molar-refractivity contribution < 1.29 is 9.59 Å². The molecule has 2 heterocycles. The van der Waals surface area contributed by atoms with E-state index in [4.69, 9.17) is 5.73 Å². The van der Waals surface area contributed by atoms with Crippen molar-refractivity contribution in [1.29, 1.82) is 0 Å². The number of hydrogen-bond donors (Lipinski definition) is 2. The summed E-state index contributed by atoms with van der Waals surface area (Å²) in [5.74, 6) is 0.140. The minimum absolute atomic E-state index is 0.100. The molecule has 0 aromatic carbocycles. The molecule has 1 aromatic heterocycles. The molecule has 2 amide bonds. The van der Waals surface area contributed by atoms with Crippen LogP contribution in [0.3, 0.4) is 0 Å². The highest BCUT2D eigenvalue weighted by Crippen LogP contribution is 2.39. The molecule has 3 N–H and O–H groups in total. The van der Waals surface area contributed by atoms with Crippen LogP contribution in [-0.2, 0) is 4.79 Å². The number of amides is 2. The van der Waals surface area contributed by atoms with E-state index in [-0.39, 0.29) is 11.8 Å². The Morgan fingerprint density at radius 1 is 1.52 bits per heavy atom. The molecule has 114 valence electrons. The van der Waals surface area contributed by atoms with Crippen molar-refractivity contribution in [2.75, 3.05) is 13.1 Å². The maximum Gasteiger partial charge on any atom is 0.274 e. The highest BCUT2D eigenvalue weighted by molar-refractivity contribution is 5.93. The monoisotopic (exact) mass is 290 g/mol. The number of nitrogens with one attached hydrogen (secondary N) is 1. The molecule has 0 bridgehead atoms. The number of hydrogen-bond acceptors (Lipinski definition) is 3. The van der Waals surface area contributed by atoms with Crippen molar-refractivity contribution in [1.82, 2.24) is 15.1 Å². The van der Waals surface area contributed by atoms with Crippen molar-refractivity contribution in [3.8, 4) is 0 Å². The molecule has 1 unspecified atom stereocenters. The number of H-pyrrole nitrogens is 1. The van der Waals surface area contributed by atoms with Gasteiger partial charge in [0.15, 0.2) is 0 Å². The average molecular weight is 290 g/mol. The van der Waals surface area contributed by atoms with Gasteiger partial charge in [0.25, 0.3) is 5.91 Å². The Balaban J connectivity index is 1.75. The first-order valence-electron chi connectivity index (χ1n) is 7.70. The molecule has 1 aliphatic heterocycles. The number of piperidine rings is 1. The van der Waals surface area contributed by atoms with Crippen molar-refractivity contribution >= 4 is 11.8 Å². The van der Waals surface area contributed by atoms with E-state index in [1.54, 1.807) is 4.90 Å². The van der Waals surface area contributed by atoms with E-state index in [0.717, 1.165) is 18.5 Å². The van der Waals surface area contributed by atoms with E-state index in [1.807, 2.05) is 13.0 Å². The molecule has 2 fully saturated rings. The first-order chi connectivity index (χ1) is 10.1. The topological polar surface area (TPSA) is 92.1 Å². The number of likely N-dealkylation sites (tertiary alicyclic amines) is 1. The SMILES string of the molecule is CCC1(C(N)=O)CCCN(C(=O)c2cc(C3CC3)[nH]n2)C1. The standard InChI is InChI=1S/C15H22N4O2/c1-2-15(14(16)21)6-3-7-19(9-15)13(20)12-8-11(17-18-12)10-4-5-10/h8,10H,2-7,9H2,1H3,(H2,16,21)(H,17,18). The molecule has 2 aliphatic rings. The molecule has 6 heteroatoms. The van der Waals surface area contributed by atoms with E-state index >= 15 is 0 Å². The average Bonchev–Trinajstić information content (AvgIpc) is 3.24. The molecule has 1 aliphatic carbocycles. The molecule has 1 saturated heterocycles. The van der Waals surface area contributed by atoms with Crippen LogP contribution in [-0.4, -0.2) is 40.0 Å². The van der Waals surface area contributed by atoms with Gasteiger partial charge in [-0.2, -0.15) is 5.10 Å². The Labute approximate surface area is 124 Å². The van der Waals surface area contributed by atoms with Gasteiger partial charge in [-0.05, 0) is 38.2 Å². The number of nitrogens with zero attached hydrogens (tertiary/aromatic N) is 2. The van der Waals surface area contributed by atoms with Crippen LogP contribution in [0.4, 0.5) is 0 Å². The van der Waals surface area contributed by atoms with Gasteiger partial charge >= 0.3 is 0 Å². The molecule has 0 radical (unpaired) electrons. The summed E-state index contributed by atoms with van der Waals surface area (Å²) in [6.07, 6.45) is 4.57. The first kappa shape index (κ1) is 14.1. The number of nitrogens with two attached hydrogens (primary N) is 1. The second-order valence-electron chi connectivity index (χ2n) is 6.31. The summed E-state index contributed by atoms with van der Waals surface area (Å²) in [6.45, 7) is 3.03. The Morgan fingerprint density at radius 3 is 2.90 bits per heavy atom. The van der Waals surface area contributed by atoms with Crippen molar-refractivity contribution in [2.45, 2.75) is 44.9 Å². The van der Waals surface area contributed by atoms with Crippen LogP contribution in [0.1, 0.15) is 61.1 Å². The van der Waals surface area contributed by atoms with Crippen LogP contribution in [0.2, 0.25) is 0 Å². The van der Waals surface area contributed by atoms with Crippen LogP contribution in [0.25, 0.3) is 0 Å². The third kappa shape index (κ3) is 2.54. The van der Waals surface area contributed by atoms with Crippen LogP contribution < -0.4 is 5.73 Å². The van der Waals surface area contributed by atoms with Crippen LogP contribution in [0, 0.1) is 5.41 Å². The summed E-state index contributed by atoms with van der Waals surface area (Å²) < 4.78 is 0. The lowest BCUT2D eigenvalue weighted by molar-refractivity contribution is -0.130. The lowest BCUT2D eigenvalue weighted by Crippen LogP contribution is -2.52. The summed E-state index contributed by atoms with van der Waals surface area (Å²) in [7, 11) is 0. The Kier molecular flexibility index (Phi) is 3.47. The van der Waals surface area contributed by atoms with Crippen molar-refractivity contribution in [2.24, 2.45) is 11.1 Å². The van der Waals surface area contributed by atoms with E-state index in [2.05, 4.69) is 10.2 Å². The summed E-state index contributed by atoms with van der Waals surface area (Å²) in [5, 5.41) is 7.09. The van der Waals surface area contributed by atoms with Crippen molar-refractivity contribution in [3.05, 3.63) is 17.5 Å². The van der Waals surface area contributed by atoms with E-state index in [0.29, 0.717) is 31.1 Å². The third-order valence-corrected chi connectivity index (χ3v) is 4.90. The highest BCUT2D eigenvalue weighted by atomic mass is 16.2. The van der Waals surface area contributed by atoms with Gasteiger partial charge in [0.2, 0.25) is 5.91 Å². The van der Waals surface area contributed by atoms with E-state index in [1.165, 1.54) is 12.8 Å². The zero-order chi connectivity index (χ0) is 15.0. The van der Waals surface area contributed by atoms with Gasteiger partial charge in [-0.25, -0.2) is 0 Å². The highest BCUT2D eigenvalue weighted by Gasteiger charge is 2.41. The van der Waals surface area contributed by atoms with Gasteiger partial charge in [0, 0.05) is 24.7 Å². The normalized spacial score (nSPS) is 25.9. The van der Waals surface area contributed by atoms with Gasteiger partial charge in [-0.3, -0.25) is 14.7 Å². The first-order valence-corrected chi connectivity index (χ1v) is 7.70. The number of aromatic amines is 1. The van der Waals surface area contributed by atoms with Crippen LogP contribution in [0.15, 0.2) is 6.07 Å². The fraction of sp³-hybridized carbons (Fsp3) is 0.667. The van der Waals surface area contributed by atoms with Gasteiger partial charge in [-0.1, -0.05) is 6.92 Å². The number of primary amides is 1. The zero-order valence-electron chi connectivity index (χ0n) is 12.4. The van der Waals surface area contributed by atoms with Gasteiger partial charge in [0.1, 0.15) is 5.69 Å². The second kappa shape index (κ2) is 5.16. The molecule has 1 aromatic rings. The maximum absolute atomic E-state index is 12.6. The fourth-order valence-electron chi connectivity index (χ4n) is 3.18. The molecular formula is C15H22N4O2. The molecule has 21 heavy (non-hydrogen) atoms. The Hall–Kier alpha value is -1.85. The molecule has 6 nitrogen and oxygen atoms in total. The minimum atomic E-state index is -0.580. The maximum atomic E-state index is 12.6. The Bertz CT molecular complexity index is 564. The van der Waals surface area contributed by atoms with Crippen molar-refractivity contribution in [3.63, 3.8) is 0 Å². The molecular weight excluding hydrogens is 268 g/mol. The van der Waals surface area contributed by atoms with E-state index in [9.17, 15) is 9.59 Å². The molecule has 0 spiro atoms. The largest absolute Gasteiger partial charge is 0.369 e. The summed E-state index contributed by atoms with van der Waals surface area (Å²) in [5.41, 5.74) is 6.49. The smallest absolute Gasteiger partial charge is 0.274 e. The predicted molar refractivity (Wildman–Crippen MR) is 77.6 cm³/mol. The number of aromatic nitrogens is 2. The van der Waals surface area contributed by atoms with Crippen LogP contribution in [0.5, 0.6) is 0 Å². The van der Waals surface area contributed by atoms with E-state index < -0.39 is 5.41 Å². The second-order valence-corrected chi connectivity index (χ2v) is 6.31. The minimum Gasteiger partial charge on any atom is -0.369 e. The van der Waals surface area contributed by atoms with Gasteiger partial charge in [-0.15, -0.1) is 0 Å². The lowest BCUT2D eigenvalue weighted by atomic mass is 9.77. The van der Waals surface area contributed by atoms with Crippen LogP contribution >= 0.6 is 0 Å². The van der Waals surface area contributed by atoms with Gasteiger partial charge in [0.05, 0.1) is 5.41 Å². The third-order valence-electron chi connectivity index (χ3n) is 4.90. The zero-order valence-corrected chi connectivity index (χ0v) is 12.4. The van der Waals surface area contributed by atoms with Gasteiger partial charge < -0.3 is 10.6 Å². The number of carbonyl (C=O) groups excluding carboxylic acids is 2. The molecule has 3 rings (SSSR count). The molecule has 1 saturated carbocycles. The quantitative estimate of drug-likeness (QED) is 0.878. The fourth-order valence-corrected chi connectivity index (χ4v) is 3.18. The lowest BCUT2D eigenvalue weighted by Gasteiger charge is -2.39. The summed E-state index contributed by atoms with van der Waals surface area (Å²) in [4.78, 5) is 26.1. The molecule has 1 atom stereocenters. The Morgan fingerprint density at radius 2 is 2.29 bits per heavy atom. The summed E-state index contributed by atoms with van der Waals surface area (Å²) >= 11 is 0. The predicted octanol–water partition coefficient (Wildman–Crippen LogP) is 1.40. The summed E-state index contributed by atoms with van der Waals surface area (Å²) in [6, 6.07) is 1.85. The number of carbonyl (C=O) groups is 2.